The Hall–Kier alpha value is -2.20. The third kappa shape index (κ3) is 4.68. The molecule has 110 valence electrons. The van der Waals surface area contributed by atoms with Crippen molar-refractivity contribution in [2.45, 2.75) is 13.0 Å². The van der Waals surface area contributed by atoms with Crippen molar-refractivity contribution in [2.75, 3.05) is 13.7 Å². The first-order chi connectivity index (χ1) is 10.2. The number of ether oxygens (including phenoxy) is 2. The highest BCUT2D eigenvalue weighted by Crippen LogP contribution is 2.14. The first-order valence-electron chi connectivity index (χ1n) is 6.68. The molecule has 0 aliphatic rings. The van der Waals surface area contributed by atoms with Crippen LogP contribution in [0.15, 0.2) is 48.5 Å². The minimum Gasteiger partial charge on any atom is -0.493 e. The Morgan fingerprint density at radius 3 is 2.62 bits per heavy atom. The number of methoxy groups -OCH3 is 1. The molecule has 0 saturated heterocycles. The molecule has 0 amide bonds. The van der Waals surface area contributed by atoms with Crippen molar-refractivity contribution in [2.24, 2.45) is 0 Å². The van der Waals surface area contributed by atoms with Crippen LogP contribution in [0.1, 0.15) is 22.3 Å². The van der Waals surface area contributed by atoms with Crippen LogP contribution in [0.2, 0.25) is 0 Å². The predicted molar refractivity (Wildman–Crippen MR) is 78.0 cm³/mol. The third-order valence-corrected chi connectivity index (χ3v) is 2.97. The SMILES string of the molecule is COCc1cccc(OCCC(=O)c2ccc(F)cc2)c1. The second kappa shape index (κ2) is 7.55. The molecule has 2 rings (SSSR count). The van der Waals surface area contributed by atoms with Gasteiger partial charge in [0, 0.05) is 19.1 Å². The molecule has 21 heavy (non-hydrogen) atoms. The predicted octanol–water partition coefficient (Wildman–Crippen LogP) is 3.62. The monoisotopic (exact) mass is 288 g/mol. The molecule has 0 unspecified atom stereocenters. The van der Waals surface area contributed by atoms with E-state index < -0.39 is 0 Å². The van der Waals surface area contributed by atoms with Crippen LogP contribution >= 0.6 is 0 Å². The van der Waals surface area contributed by atoms with Gasteiger partial charge in [0.2, 0.25) is 0 Å². The molecule has 0 atom stereocenters. The zero-order chi connectivity index (χ0) is 15.1. The smallest absolute Gasteiger partial charge is 0.166 e. The van der Waals surface area contributed by atoms with Crippen molar-refractivity contribution < 1.29 is 18.7 Å². The van der Waals surface area contributed by atoms with E-state index in [-0.39, 0.29) is 24.6 Å². The van der Waals surface area contributed by atoms with Gasteiger partial charge in [-0.25, -0.2) is 4.39 Å². The minimum absolute atomic E-state index is 0.0666. The molecule has 0 fully saturated rings. The van der Waals surface area contributed by atoms with E-state index in [1.54, 1.807) is 7.11 Å². The van der Waals surface area contributed by atoms with Crippen molar-refractivity contribution >= 4 is 5.78 Å². The highest BCUT2D eigenvalue weighted by atomic mass is 19.1. The van der Waals surface area contributed by atoms with Crippen LogP contribution in [0.25, 0.3) is 0 Å². The molecule has 0 spiro atoms. The van der Waals surface area contributed by atoms with Gasteiger partial charge in [-0.05, 0) is 42.0 Å². The Morgan fingerprint density at radius 2 is 1.90 bits per heavy atom. The maximum Gasteiger partial charge on any atom is 0.166 e. The topological polar surface area (TPSA) is 35.5 Å². The second-order valence-electron chi connectivity index (χ2n) is 4.61. The second-order valence-corrected chi connectivity index (χ2v) is 4.61. The largest absolute Gasteiger partial charge is 0.493 e. The van der Waals surface area contributed by atoms with Gasteiger partial charge < -0.3 is 9.47 Å². The van der Waals surface area contributed by atoms with Crippen LogP contribution in [-0.2, 0) is 11.3 Å². The van der Waals surface area contributed by atoms with Gasteiger partial charge in [-0.2, -0.15) is 0 Å². The molecular weight excluding hydrogens is 271 g/mol. The van der Waals surface area contributed by atoms with Gasteiger partial charge in [0.1, 0.15) is 11.6 Å². The van der Waals surface area contributed by atoms with E-state index in [2.05, 4.69) is 0 Å². The number of carbonyl (C=O) groups excluding carboxylic acids is 1. The zero-order valence-electron chi connectivity index (χ0n) is 11.8. The van der Waals surface area contributed by atoms with Crippen LogP contribution in [0.4, 0.5) is 4.39 Å². The maximum atomic E-state index is 12.8. The van der Waals surface area contributed by atoms with Crippen LogP contribution in [0.5, 0.6) is 5.75 Å². The average Bonchev–Trinajstić information content (AvgIpc) is 2.48. The number of hydrogen-bond donors (Lipinski definition) is 0. The molecule has 0 radical (unpaired) electrons. The first kappa shape index (κ1) is 15.2. The van der Waals surface area contributed by atoms with Gasteiger partial charge in [0.25, 0.3) is 0 Å². The Bertz CT molecular complexity index is 593. The maximum absolute atomic E-state index is 12.8. The fourth-order valence-electron chi connectivity index (χ4n) is 1.93. The summed E-state index contributed by atoms with van der Waals surface area (Å²) in [5.74, 6) is 0.289. The molecule has 0 aromatic heterocycles. The van der Waals surface area contributed by atoms with E-state index in [1.165, 1.54) is 24.3 Å². The highest BCUT2D eigenvalue weighted by Gasteiger charge is 2.06. The molecule has 0 N–H and O–H groups in total. The van der Waals surface area contributed by atoms with Gasteiger partial charge >= 0.3 is 0 Å². The molecule has 4 heteroatoms. The fraction of sp³-hybridized carbons (Fsp3) is 0.235. The summed E-state index contributed by atoms with van der Waals surface area (Å²) in [6.45, 7) is 0.804. The normalized spacial score (nSPS) is 10.4. The lowest BCUT2D eigenvalue weighted by Gasteiger charge is -2.07. The summed E-state index contributed by atoms with van der Waals surface area (Å²) in [5.41, 5.74) is 1.51. The fourth-order valence-corrected chi connectivity index (χ4v) is 1.93. The lowest BCUT2D eigenvalue weighted by atomic mass is 10.1. The van der Waals surface area contributed by atoms with Gasteiger partial charge in [0.15, 0.2) is 5.78 Å². The lowest BCUT2D eigenvalue weighted by molar-refractivity contribution is 0.0962. The van der Waals surface area contributed by atoms with Crippen LogP contribution in [0, 0.1) is 5.82 Å². The quantitative estimate of drug-likeness (QED) is 0.730. The van der Waals surface area contributed by atoms with Crippen molar-refractivity contribution in [1.82, 2.24) is 0 Å². The molecule has 0 heterocycles. The average molecular weight is 288 g/mol. The highest BCUT2D eigenvalue weighted by molar-refractivity contribution is 5.96. The summed E-state index contributed by atoms with van der Waals surface area (Å²) in [7, 11) is 1.63. The lowest BCUT2D eigenvalue weighted by Crippen LogP contribution is -2.07. The summed E-state index contributed by atoms with van der Waals surface area (Å²) in [6.07, 6.45) is 0.250. The molecule has 2 aromatic rings. The van der Waals surface area contributed by atoms with Crippen molar-refractivity contribution in [1.29, 1.82) is 0 Å². The van der Waals surface area contributed by atoms with E-state index >= 15 is 0 Å². The summed E-state index contributed by atoms with van der Waals surface area (Å²) < 4.78 is 23.4. The Labute approximate surface area is 123 Å². The Kier molecular flexibility index (Phi) is 5.46. The third-order valence-electron chi connectivity index (χ3n) is 2.97. The summed E-state index contributed by atoms with van der Waals surface area (Å²) in [6, 6.07) is 13.1. The Morgan fingerprint density at radius 1 is 1.14 bits per heavy atom. The number of carbonyl (C=O) groups is 1. The molecule has 0 aliphatic heterocycles. The van der Waals surface area contributed by atoms with E-state index in [4.69, 9.17) is 9.47 Å². The van der Waals surface area contributed by atoms with Gasteiger partial charge in [0.05, 0.1) is 13.2 Å². The number of Topliss-reactive ketones (excluding diaryl/α,β-unsaturated/α-hetero) is 1. The van der Waals surface area contributed by atoms with E-state index in [0.717, 1.165) is 5.56 Å². The Balaban J connectivity index is 1.85. The first-order valence-corrected chi connectivity index (χ1v) is 6.68. The molecule has 0 aliphatic carbocycles. The minimum atomic E-state index is -0.349. The van der Waals surface area contributed by atoms with Gasteiger partial charge in [-0.15, -0.1) is 0 Å². The van der Waals surface area contributed by atoms with Crippen LogP contribution in [0.3, 0.4) is 0 Å². The standard InChI is InChI=1S/C17H17FO3/c1-20-12-13-3-2-4-16(11-13)21-10-9-17(19)14-5-7-15(18)8-6-14/h2-8,11H,9-10,12H2,1H3. The van der Waals surface area contributed by atoms with Crippen molar-refractivity contribution in [3.05, 3.63) is 65.5 Å². The van der Waals surface area contributed by atoms with Gasteiger partial charge in [-0.1, -0.05) is 12.1 Å². The molecule has 2 aromatic carbocycles. The van der Waals surface area contributed by atoms with Crippen LogP contribution < -0.4 is 4.74 Å². The number of hydrogen-bond acceptors (Lipinski definition) is 3. The van der Waals surface area contributed by atoms with Gasteiger partial charge in [-0.3, -0.25) is 4.79 Å². The van der Waals surface area contributed by atoms with E-state index in [1.807, 2.05) is 24.3 Å². The molecule has 3 nitrogen and oxygen atoms in total. The molecule has 0 bridgehead atoms. The van der Waals surface area contributed by atoms with E-state index in [0.29, 0.717) is 17.9 Å². The zero-order valence-corrected chi connectivity index (χ0v) is 11.8. The number of halogens is 1. The number of benzene rings is 2. The molecule has 0 saturated carbocycles. The van der Waals surface area contributed by atoms with Crippen molar-refractivity contribution in [3.8, 4) is 5.75 Å². The summed E-state index contributed by atoms with van der Waals surface area (Å²) >= 11 is 0. The molecular formula is C17H17FO3. The van der Waals surface area contributed by atoms with E-state index in [9.17, 15) is 9.18 Å². The van der Waals surface area contributed by atoms with Crippen LogP contribution in [-0.4, -0.2) is 19.5 Å². The van der Waals surface area contributed by atoms with Crippen molar-refractivity contribution in [3.63, 3.8) is 0 Å². The number of ketones is 1. The number of rotatable bonds is 7. The summed E-state index contributed by atoms with van der Waals surface area (Å²) in [5, 5.41) is 0. The summed E-state index contributed by atoms with van der Waals surface area (Å²) in [4.78, 5) is 11.9.